The number of likely N-dealkylation sites (tertiary alicyclic amines) is 1. The summed E-state index contributed by atoms with van der Waals surface area (Å²) in [6.07, 6.45) is 6.61. The van der Waals surface area contributed by atoms with Gasteiger partial charge in [-0.05, 0) is 38.8 Å². The molecule has 0 spiro atoms. The van der Waals surface area contributed by atoms with E-state index in [1.165, 1.54) is 25.9 Å². The average molecular weight is 300 g/mol. The van der Waals surface area contributed by atoms with Crippen LogP contribution in [0.25, 0.3) is 0 Å². The van der Waals surface area contributed by atoms with E-state index in [4.69, 9.17) is 0 Å². The van der Waals surface area contributed by atoms with Crippen LogP contribution in [-0.4, -0.2) is 38.9 Å². The summed E-state index contributed by atoms with van der Waals surface area (Å²) in [5.41, 5.74) is 0. The summed E-state index contributed by atoms with van der Waals surface area (Å²) >= 11 is 3.70. The zero-order valence-corrected chi connectivity index (χ0v) is 12.4. The van der Waals surface area contributed by atoms with Crippen molar-refractivity contribution in [1.82, 2.24) is 14.5 Å². The summed E-state index contributed by atoms with van der Waals surface area (Å²) in [7, 11) is 0. The quantitative estimate of drug-likeness (QED) is 0.797. The maximum atomic E-state index is 4.25. The van der Waals surface area contributed by atoms with Gasteiger partial charge < -0.3 is 9.47 Å². The van der Waals surface area contributed by atoms with Crippen LogP contribution in [0.5, 0.6) is 0 Å². The van der Waals surface area contributed by atoms with Crippen LogP contribution in [0.3, 0.4) is 0 Å². The third kappa shape index (κ3) is 3.55. The average Bonchev–Trinajstić information content (AvgIpc) is 2.73. The Labute approximate surface area is 112 Å². The lowest BCUT2D eigenvalue weighted by Gasteiger charge is -2.33. The van der Waals surface area contributed by atoms with Crippen molar-refractivity contribution >= 4 is 15.9 Å². The Balaban J connectivity index is 1.74. The van der Waals surface area contributed by atoms with Crippen LogP contribution in [0, 0.1) is 12.8 Å². The van der Waals surface area contributed by atoms with E-state index in [-0.39, 0.29) is 0 Å². The van der Waals surface area contributed by atoms with Crippen LogP contribution in [0.15, 0.2) is 12.4 Å². The second-order valence-electron chi connectivity index (χ2n) is 5.02. The lowest BCUT2D eigenvalue weighted by molar-refractivity contribution is 0.179. The van der Waals surface area contributed by atoms with E-state index in [1.54, 1.807) is 0 Å². The van der Waals surface area contributed by atoms with E-state index >= 15 is 0 Å². The Hall–Kier alpha value is -0.350. The highest BCUT2D eigenvalue weighted by molar-refractivity contribution is 9.09. The van der Waals surface area contributed by atoms with Crippen LogP contribution in [-0.2, 0) is 6.54 Å². The fourth-order valence-corrected chi connectivity index (χ4v) is 3.05. The molecule has 1 atom stereocenters. The topological polar surface area (TPSA) is 21.1 Å². The minimum atomic E-state index is 0.667. The van der Waals surface area contributed by atoms with Crippen LogP contribution >= 0.6 is 15.9 Å². The maximum Gasteiger partial charge on any atom is 0.105 e. The van der Waals surface area contributed by atoms with Gasteiger partial charge in [0.15, 0.2) is 0 Å². The SMILES string of the molecule is Cc1nccn1CCN1CCC(C(C)Br)CC1. The Morgan fingerprint density at radius 3 is 2.65 bits per heavy atom. The zero-order chi connectivity index (χ0) is 12.3. The molecular formula is C13H22BrN3. The van der Waals surface area contributed by atoms with Crippen molar-refractivity contribution in [3.8, 4) is 0 Å². The van der Waals surface area contributed by atoms with Crippen molar-refractivity contribution in [3.63, 3.8) is 0 Å². The van der Waals surface area contributed by atoms with E-state index < -0.39 is 0 Å². The lowest BCUT2D eigenvalue weighted by Crippen LogP contribution is -2.37. The fourth-order valence-electron chi connectivity index (χ4n) is 2.53. The van der Waals surface area contributed by atoms with E-state index in [0.29, 0.717) is 4.83 Å². The fraction of sp³-hybridized carbons (Fsp3) is 0.769. The molecule has 96 valence electrons. The number of hydrogen-bond donors (Lipinski definition) is 0. The Morgan fingerprint density at radius 1 is 1.41 bits per heavy atom. The molecule has 4 heteroatoms. The number of aromatic nitrogens is 2. The standard InChI is InChI=1S/C13H22BrN3/c1-11(14)13-3-6-16(7-4-13)9-10-17-8-5-15-12(17)2/h5,8,11,13H,3-4,6-7,9-10H2,1-2H3. The highest BCUT2D eigenvalue weighted by Crippen LogP contribution is 2.24. The van der Waals surface area contributed by atoms with Gasteiger partial charge in [0.1, 0.15) is 5.82 Å². The van der Waals surface area contributed by atoms with Crippen LogP contribution < -0.4 is 0 Å². The van der Waals surface area contributed by atoms with Gasteiger partial charge >= 0.3 is 0 Å². The third-order valence-corrected chi connectivity index (χ3v) is 4.61. The van der Waals surface area contributed by atoms with Crippen molar-refractivity contribution < 1.29 is 0 Å². The monoisotopic (exact) mass is 299 g/mol. The van der Waals surface area contributed by atoms with Gasteiger partial charge in [-0.2, -0.15) is 0 Å². The molecule has 1 unspecified atom stereocenters. The number of alkyl halides is 1. The number of nitrogens with zero attached hydrogens (tertiary/aromatic N) is 3. The van der Waals surface area contributed by atoms with Crippen molar-refractivity contribution in [2.45, 2.75) is 38.1 Å². The molecule has 0 aromatic carbocycles. The molecule has 2 heterocycles. The molecule has 1 fully saturated rings. The highest BCUT2D eigenvalue weighted by atomic mass is 79.9. The molecule has 1 aromatic heterocycles. The van der Waals surface area contributed by atoms with Gasteiger partial charge in [-0.1, -0.05) is 22.9 Å². The van der Waals surface area contributed by atoms with Gasteiger partial charge in [-0.25, -0.2) is 4.98 Å². The first-order valence-electron chi connectivity index (χ1n) is 6.51. The van der Waals surface area contributed by atoms with Crippen LogP contribution in [0.2, 0.25) is 0 Å². The smallest absolute Gasteiger partial charge is 0.105 e. The van der Waals surface area contributed by atoms with Gasteiger partial charge in [-0.3, -0.25) is 0 Å². The largest absolute Gasteiger partial charge is 0.334 e. The van der Waals surface area contributed by atoms with Gasteiger partial charge in [0, 0.05) is 30.3 Å². The van der Waals surface area contributed by atoms with E-state index in [9.17, 15) is 0 Å². The Bertz CT molecular complexity index is 340. The summed E-state index contributed by atoms with van der Waals surface area (Å²) < 4.78 is 2.24. The Kier molecular flexibility index (Phi) is 4.62. The zero-order valence-electron chi connectivity index (χ0n) is 10.8. The molecular weight excluding hydrogens is 278 g/mol. The van der Waals surface area contributed by atoms with Crippen molar-refractivity contribution in [2.75, 3.05) is 19.6 Å². The molecule has 0 N–H and O–H groups in total. The number of hydrogen-bond acceptors (Lipinski definition) is 2. The summed E-state index contributed by atoms with van der Waals surface area (Å²) in [6, 6.07) is 0. The number of piperidine rings is 1. The van der Waals surface area contributed by atoms with E-state index in [1.807, 2.05) is 6.20 Å². The molecule has 1 aliphatic heterocycles. The molecule has 0 bridgehead atoms. The van der Waals surface area contributed by atoms with Gasteiger partial charge in [-0.15, -0.1) is 0 Å². The minimum absolute atomic E-state index is 0.667. The number of halogens is 1. The molecule has 3 nitrogen and oxygen atoms in total. The highest BCUT2D eigenvalue weighted by Gasteiger charge is 2.21. The third-order valence-electron chi connectivity index (χ3n) is 3.86. The van der Waals surface area contributed by atoms with Crippen molar-refractivity contribution in [2.24, 2.45) is 5.92 Å². The summed E-state index contributed by atoms with van der Waals surface area (Å²) in [5, 5.41) is 0. The maximum absolute atomic E-state index is 4.25. The van der Waals surface area contributed by atoms with Gasteiger partial charge in [0.2, 0.25) is 0 Å². The first-order valence-corrected chi connectivity index (χ1v) is 7.42. The predicted octanol–water partition coefficient (Wildman–Crippen LogP) is 2.69. The molecule has 0 amide bonds. The second kappa shape index (κ2) is 6.01. The van der Waals surface area contributed by atoms with Crippen molar-refractivity contribution in [3.05, 3.63) is 18.2 Å². The predicted molar refractivity (Wildman–Crippen MR) is 74.5 cm³/mol. The summed E-state index contributed by atoms with van der Waals surface area (Å²) in [4.78, 5) is 7.50. The molecule has 0 radical (unpaired) electrons. The van der Waals surface area contributed by atoms with Crippen molar-refractivity contribution in [1.29, 1.82) is 0 Å². The summed E-state index contributed by atoms with van der Waals surface area (Å²) in [5.74, 6) is 1.98. The molecule has 0 saturated carbocycles. The van der Waals surface area contributed by atoms with Gasteiger partial charge in [0.05, 0.1) is 0 Å². The number of imidazole rings is 1. The first-order chi connectivity index (χ1) is 8.16. The molecule has 2 rings (SSSR count). The molecule has 17 heavy (non-hydrogen) atoms. The van der Waals surface area contributed by atoms with Gasteiger partial charge in [0.25, 0.3) is 0 Å². The second-order valence-corrected chi connectivity index (χ2v) is 6.47. The van der Waals surface area contributed by atoms with E-state index in [2.05, 4.69) is 50.4 Å². The van der Waals surface area contributed by atoms with E-state index in [0.717, 1.165) is 24.8 Å². The Morgan fingerprint density at radius 2 is 2.12 bits per heavy atom. The molecule has 1 aromatic rings. The molecule has 1 saturated heterocycles. The molecule has 1 aliphatic rings. The molecule has 0 aliphatic carbocycles. The number of rotatable bonds is 4. The van der Waals surface area contributed by atoms with Crippen LogP contribution in [0.1, 0.15) is 25.6 Å². The van der Waals surface area contributed by atoms with Crippen LogP contribution in [0.4, 0.5) is 0 Å². The normalized spacial score (nSPS) is 20.6. The minimum Gasteiger partial charge on any atom is -0.334 e. The lowest BCUT2D eigenvalue weighted by atomic mass is 9.94. The summed E-state index contributed by atoms with van der Waals surface area (Å²) in [6.45, 7) is 9.05. The first kappa shape index (κ1) is 13.1. The number of aryl methyl sites for hydroxylation is 1.